The SMILES string of the molecule is C#Cc1cccc(NC(=O)CNC(=O)CCOc2ccc(Cl)cc2)c1. The lowest BCUT2D eigenvalue weighted by atomic mass is 10.2. The Bertz CT molecular complexity index is 782. The minimum atomic E-state index is -0.332. The summed E-state index contributed by atoms with van der Waals surface area (Å²) in [5.41, 5.74) is 1.25. The molecule has 0 radical (unpaired) electrons. The summed E-state index contributed by atoms with van der Waals surface area (Å²) in [7, 11) is 0. The average Bonchev–Trinajstić information content (AvgIpc) is 2.62. The molecule has 2 N–H and O–H groups in total. The number of benzene rings is 2. The maximum atomic E-state index is 11.8. The van der Waals surface area contributed by atoms with E-state index in [1.54, 1.807) is 48.5 Å². The largest absolute Gasteiger partial charge is 0.493 e. The zero-order chi connectivity index (χ0) is 18.1. The van der Waals surface area contributed by atoms with Crippen molar-refractivity contribution in [3.05, 3.63) is 59.1 Å². The third-order valence-electron chi connectivity index (χ3n) is 3.17. The Balaban J connectivity index is 1.67. The van der Waals surface area contributed by atoms with Crippen LogP contribution in [0.1, 0.15) is 12.0 Å². The molecule has 2 aromatic carbocycles. The van der Waals surface area contributed by atoms with Gasteiger partial charge in [-0.25, -0.2) is 0 Å². The predicted molar refractivity (Wildman–Crippen MR) is 97.6 cm³/mol. The van der Waals surface area contributed by atoms with Crippen LogP contribution < -0.4 is 15.4 Å². The summed E-state index contributed by atoms with van der Waals surface area (Å²) in [6, 6.07) is 13.8. The lowest BCUT2D eigenvalue weighted by molar-refractivity contribution is -0.124. The van der Waals surface area contributed by atoms with Crippen LogP contribution in [0.15, 0.2) is 48.5 Å². The molecule has 5 nitrogen and oxygen atoms in total. The summed E-state index contributed by atoms with van der Waals surface area (Å²) in [6.45, 7) is 0.0827. The van der Waals surface area contributed by atoms with E-state index in [1.807, 2.05) is 0 Å². The Morgan fingerprint density at radius 1 is 1.12 bits per heavy atom. The summed E-state index contributed by atoms with van der Waals surface area (Å²) in [4.78, 5) is 23.5. The number of ether oxygens (including phenoxy) is 1. The molecule has 0 spiro atoms. The van der Waals surface area contributed by atoms with Gasteiger partial charge in [0.1, 0.15) is 5.75 Å². The molecule has 2 aromatic rings. The quantitative estimate of drug-likeness (QED) is 0.750. The van der Waals surface area contributed by atoms with Crippen molar-refractivity contribution >= 4 is 29.1 Å². The number of anilines is 1. The van der Waals surface area contributed by atoms with Gasteiger partial charge >= 0.3 is 0 Å². The molecule has 0 saturated heterocycles. The van der Waals surface area contributed by atoms with E-state index in [0.29, 0.717) is 22.0 Å². The monoisotopic (exact) mass is 356 g/mol. The van der Waals surface area contributed by atoms with E-state index in [0.717, 1.165) is 0 Å². The number of terminal acetylenes is 1. The van der Waals surface area contributed by atoms with Gasteiger partial charge in [-0.3, -0.25) is 9.59 Å². The summed E-state index contributed by atoms with van der Waals surface area (Å²) in [5.74, 6) is 2.51. The van der Waals surface area contributed by atoms with Gasteiger partial charge in [-0.05, 0) is 42.5 Å². The average molecular weight is 357 g/mol. The lowest BCUT2D eigenvalue weighted by Crippen LogP contribution is -2.33. The second kappa shape index (κ2) is 9.36. The van der Waals surface area contributed by atoms with Crippen LogP contribution in [0.25, 0.3) is 0 Å². The maximum absolute atomic E-state index is 11.8. The van der Waals surface area contributed by atoms with E-state index in [1.165, 1.54) is 0 Å². The Kier molecular flexibility index (Phi) is 6.87. The van der Waals surface area contributed by atoms with Gasteiger partial charge in [0.05, 0.1) is 19.6 Å². The summed E-state index contributed by atoms with van der Waals surface area (Å²) in [5, 5.41) is 5.82. The number of carbonyl (C=O) groups is 2. The van der Waals surface area contributed by atoms with Crippen molar-refractivity contribution in [3.8, 4) is 18.1 Å². The normalized spacial score (nSPS) is 9.76. The molecule has 0 saturated carbocycles. The van der Waals surface area contributed by atoms with Crippen molar-refractivity contribution in [2.75, 3.05) is 18.5 Å². The summed E-state index contributed by atoms with van der Waals surface area (Å²) in [6.07, 6.45) is 5.45. The zero-order valence-corrected chi connectivity index (χ0v) is 14.2. The predicted octanol–water partition coefficient (Wildman–Crippen LogP) is 2.85. The molecule has 0 atom stereocenters. The molecular weight excluding hydrogens is 340 g/mol. The zero-order valence-electron chi connectivity index (χ0n) is 13.4. The number of nitrogens with one attached hydrogen (secondary N) is 2. The molecule has 0 aliphatic heterocycles. The van der Waals surface area contributed by atoms with Crippen LogP contribution >= 0.6 is 11.6 Å². The first-order chi connectivity index (χ1) is 12.1. The van der Waals surface area contributed by atoms with Gasteiger partial charge in [0.15, 0.2) is 0 Å². The van der Waals surface area contributed by atoms with E-state index in [2.05, 4.69) is 16.6 Å². The third-order valence-corrected chi connectivity index (χ3v) is 3.42. The van der Waals surface area contributed by atoms with Gasteiger partial charge in [0, 0.05) is 16.3 Å². The molecule has 0 aliphatic carbocycles. The lowest BCUT2D eigenvalue weighted by Gasteiger charge is -2.08. The molecule has 0 fully saturated rings. The molecule has 25 heavy (non-hydrogen) atoms. The first-order valence-corrected chi connectivity index (χ1v) is 7.96. The Labute approximate surface area is 151 Å². The number of amides is 2. The van der Waals surface area contributed by atoms with Crippen molar-refractivity contribution in [2.45, 2.75) is 6.42 Å². The highest BCUT2D eigenvalue weighted by Gasteiger charge is 2.07. The number of hydrogen-bond acceptors (Lipinski definition) is 3. The minimum Gasteiger partial charge on any atom is -0.493 e. The fourth-order valence-corrected chi connectivity index (χ4v) is 2.08. The van der Waals surface area contributed by atoms with E-state index >= 15 is 0 Å². The standard InChI is InChI=1S/C19H17ClN2O3/c1-2-14-4-3-5-16(12-14)22-19(24)13-21-18(23)10-11-25-17-8-6-15(20)7-9-17/h1,3-9,12H,10-11,13H2,(H,21,23)(H,22,24). The summed E-state index contributed by atoms with van der Waals surface area (Å²) >= 11 is 5.77. The number of hydrogen-bond donors (Lipinski definition) is 2. The van der Waals surface area contributed by atoms with Crippen LogP contribution in [0.5, 0.6) is 5.75 Å². The molecule has 0 aromatic heterocycles. The second-order valence-corrected chi connectivity index (χ2v) is 5.54. The first kappa shape index (κ1) is 18.4. The van der Waals surface area contributed by atoms with Crippen molar-refractivity contribution in [1.82, 2.24) is 5.32 Å². The number of carbonyl (C=O) groups excluding carboxylic acids is 2. The summed E-state index contributed by atoms with van der Waals surface area (Å²) < 4.78 is 5.42. The third kappa shape index (κ3) is 6.58. The van der Waals surface area contributed by atoms with Crippen molar-refractivity contribution in [1.29, 1.82) is 0 Å². The molecule has 2 amide bonds. The highest BCUT2D eigenvalue weighted by molar-refractivity contribution is 6.30. The molecule has 0 heterocycles. The Hall–Kier alpha value is -2.97. The van der Waals surface area contributed by atoms with Gasteiger partial charge in [-0.2, -0.15) is 0 Å². The van der Waals surface area contributed by atoms with Crippen LogP contribution in [-0.4, -0.2) is 25.0 Å². The van der Waals surface area contributed by atoms with E-state index in [-0.39, 0.29) is 31.4 Å². The molecule has 0 unspecified atom stereocenters. The van der Waals surface area contributed by atoms with Crippen molar-refractivity contribution in [3.63, 3.8) is 0 Å². The molecule has 6 heteroatoms. The van der Waals surface area contributed by atoms with E-state index < -0.39 is 0 Å². The topological polar surface area (TPSA) is 67.4 Å². The van der Waals surface area contributed by atoms with Crippen LogP contribution in [0.4, 0.5) is 5.69 Å². The fourth-order valence-electron chi connectivity index (χ4n) is 1.95. The number of halogens is 1. The minimum absolute atomic E-state index is 0.125. The van der Waals surface area contributed by atoms with Gasteiger partial charge in [0.25, 0.3) is 0 Å². The van der Waals surface area contributed by atoms with Gasteiger partial charge in [-0.1, -0.05) is 23.6 Å². The van der Waals surface area contributed by atoms with Crippen LogP contribution in [0.2, 0.25) is 5.02 Å². The van der Waals surface area contributed by atoms with E-state index in [4.69, 9.17) is 22.8 Å². The first-order valence-electron chi connectivity index (χ1n) is 7.58. The highest BCUT2D eigenvalue weighted by Crippen LogP contribution is 2.15. The van der Waals surface area contributed by atoms with Gasteiger partial charge in [0.2, 0.25) is 11.8 Å². The van der Waals surface area contributed by atoms with Gasteiger partial charge < -0.3 is 15.4 Å². The number of rotatable bonds is 7. The fraction of sp³-hybridized carbons (Fsp3) is 0.158. The highest BCUT2D eigenvalue weighted by atomic mass is 35.5. The Morgan fingerprint density at radius 3 is 2.60 bits per heavy atom. The van der Waals surface area contributed by atoms with Crippen molar-refractivity contribution in [2.24, 2.45) is 0 Å². The second-order valence-electron chi connectivity index (χ2n) is 5.10. The smallest absolute Gasteiger partial charge is 0.243 e. The van der Waals surface area contributed by atoms with Crippen LogP contribution in [0, 0.1) is 12.3 Å². The molecule has 128 valence electrons. The molecule has 2 rings (SSSR count). The van der Waals surface area contributed by atoms with Gasteiger partial charge in [-0.15, -0.1) is 6.42 Å². The van der Waals surface area contributed by atoms with Crippen LogP contribution in [-0.2, 0) is 9.59 Å². The Morgan fingerprint density at radius 2 is 1.88 bits per heavy atom. The van der Waals surface area contributed by atoms with E-state index in [9.17, 15) is 9.59 Å². The molecular formula is C19H17ClN2O3. The molecule has 0 aliphatic rings. The maximum Gasteiger partial charge on any atom is 0.243 e. The molecule has 0 bridgehead atoms. The van der Waals surface area contributed by atoms with Crippen LogP contribution in [0.3, 0.4) is 0 Å². The van der Waals surface area contributed by atoms with Crippen molar-refractivity contribution < 1.29 is 14.3 Å².